The molecule has 5 heteroatoms. The van der Waals surface area contributed by atoms with E-state index < -0.39 is 12.1 Å². The van der Waals surface area contributed by atoms with Gasteiger partial charge in [0.2, 0.25) is 0 Å². The van der Waals surface area contributed by atoms with E-state index >= 15 is 0 Å². The van der Waals surface area contributed by atoms with Gasteiger partial charge in [0.1, 0.15) is 6.17 Å². The number of para-hydroxylation sites is 1. The normalized spacial score (nSPS) is 15.7. The minimum atomic E-state index is -1.22. The van der Waals surface area contributed by atoms with Crippen molar-refractivity contribution in [3.8, 4) is 0 Å². The van der Waals surface area contributed by atoms with Crippen LogP contribution in [0, 0.1) is 6.92 Å². The average Bonchev–Trinajstić information content (AvgIpc) is 2.71. The van der Waals surface area contributed by atoms with Crippen LogP contribution in [0.15, 0.2) is 72.8 Å². The molecular weight excluding hydrogens is 352 g/mol. The highest BCUT2D eigenvalue weighted by molar-refractivity contribution is 6.01. The van der Waals surface area contributed by atoms with E-state index in [1.165, 1.54) is 12.1 Å². The molecule has 0 bridgehead atoms. The van der Waals surface area contributed by atoms with Crippen molar-refractivity contribution in [3.05, 3.63) is 101 Å². The molecule has 0 aliphatic carbocycles. The molecule has 140 valence electrons. The summed E-state index contributed by atoms with van der Waals surface area (Å²) in [5.74, 6) is -1.29. The lowest BCUT2D eigenvalue weighted by atomic mass is 10.0. The molecule has 0 unspecified atom stereocenters. The van der Waals surface area contributed by atoms with Gasteiger partial charge in [0.15, 0.2) is 0 Å². The van der Waals surface area contributed by atoms with Crippen LogP contribution in [-0.2, 0) is 6.54 Å². The van der Waals surface area contributed by atoms with Gasteiger partial charge < -0.3 is 20.1 Å². The fraction of sp³-hybridized carbons (Fsp3) is 0.130. The van der Waals surface area contributed by atoms with Crippen LogP contribution in [0.2, 0.25) is 0 Å². The number of amides is 1. The van der Waals surface area contributed by atoms with Crippen molar-refractivity contribution in [2.45, 2.75) is 19.6 Å². The second-order valence-electron chi connectivity index (χ2n) is 6.92. The van der Waals surface area contributed by atoms with E-state index in [4.69, 9.17) is 0 Å². The van der Waals surface area contributed by atoms with Crippen molar-refractivity contribution in [1.82, 2.24) is 4.90 Å². The molecule has 1 N–H and O–H groups in total. The first kappa shape index (κ1) is 17.8. The molecule has 3 aromatic rings. The number of benzene rings is 3. The van der Waals surface area contributed by atoms with E-state index in [9.17, 15) is 14.7 Å². The summed E-state index contributed by atoms with van der Waals surface area (Å²) in [6.07, 6.45) is -0.403. The quantitative estimate of drug-likeness (QED) is 0.765. The molecule has 1 heterocycles. The van der Waals surface area contributed by atoms with Gasteiger partial charge in [-0.2, -0.15) is 0 Å². The topological polar surface area (TPSA) is 72.5 Å². The molecule has 3 aromatic carbocycles. The summed E-state index contributed by atoms with van der Waals surface area (Å²) in [7, 11) is 0. The van der Waals surface area contributed by atoms with E-state index in [2.05, 4.69) is 5.32 Å². The molecule has 0 aromatic heterocycles. The number of anilines is 1. The number of nitrogens with zero attached hydrogens (tertiary/aromatic N) is 1. The molecule has 1 aliphatic heterocycles. The van der Waals surface area contributed by atoms with Gasteiger partial charge in [-0.15, -0.1) is 0 Å². The number of carbonyl (C=O) groups excluding carboxylic acids is 2. The molecular formula is C23H19N2O3-. The number of aromatic carboxylic acids is 1. The molecule has 0 radical (unpaired) electrons. The monoisotopic (exact) mass is 371 g/mol. The van der Waals surface area contributed by atoms with Crippen LogP contribution in [0.25, 0.3) is 0 Å². The van der Waals surface area contributed by atoms with E-state index in [0.717, 1.165) is 22.4 Å². The molecule has 0 spiro atoms. The highest BCUT2D eigenvalue weighted by Crippen LogP contribution is 2.34. The number of carbonyl (C=O) groups is 2. The number of hydrogen-bond donors (Lipinski definition) is 1. The van der Waals surface area contributed by atoms with Crippen molar-refractivity contribution >= 4 is 17.6 Å². The Labute approximate surface area is 163 Å². The lowest BCUT2D eigenvalue weighted by molar-refractivity contribution is -0.255. The lowest BCUT2D eigenvalue weighted by Crippen LogP contribution is -2.42. The van der Waals surface area contributed by atoms with Gasteiger partial charge in [0.25, 0.3) is 5.91 Å². The number of carboxylic acids is 1. The standard InChI is InChI=1S/C23H20N2O3/c1-15-6-8-16(9-7-15)14-25-21(17-10-12-18(13-11-17)23(27)28)24-20-5-3-2-4-19(20)22(25)26/h2-13,21,24H,14H2,1H3,(H,27,28)/p-1/t21-/m1/s1. The van der Waals surface area contributed by atoms with E-state index in [-0.39, 0.29) is 11.5 Å². The van der Waals surface area contributed by atoms with Crippen LogP contribution in [0.1, 0.15) is 43.6 Å². The zero-order chi connectivity index (χ0) is 19.7. The molecule has 1 aliphatic rings. The molecule has 1 amide bonds. The summed E-state index contributed by atoms with van der Waals surface area (Å²) < 4.78 is 0. The molecule has 0 saturated heterocycles. The van der Waals surface area contributed by atoms with Gasteiger partial charge in [-0.25, -0.2) is 0 Å². The summed E-state index contributed by atoms with van der Waals surface area (Å²) in [4.78, 5) is 26.0. The summed E-state index contributed by atoms with van der Waals surface area (Å²) >= 11 is 0. The molecule has 1 atom stereocenters. The molecule has 0 fully saturated rings. The van der Waals surface area contributed by atoms with Crippen LogP contribution < -0.4 is 10.4 Å². The highest BCUT2D eigenvalue weighted by Gasteiger charge is 2.32. The molecule has 28 heavy (non-hydrogen) atoms. The van der Waals surface area contributed by atoms with Crippen molar-refractivity contribution in [1.29, 1.82) is 0 Å². The Kier molecular flexibility index (Phi) is 4.57. The summed E-state index contributed by atoms with van der Waals surface area (Å²) in [6, 6.07) is 21.9. The first-order chi connectivity index (χ1) is 13.5. The summed E-state index contributed by atoms with van der Waals surface area (Å²) in [5, 5.41) is 14.5. The Morgan fingerprint density at radius 3 is 2.36 bits per heavy atom. The maximum absolute atomic E-state index is 13.2. The van der Waals surface area contributed by atoms with Crippen LogP contribution >= 0.6 is 0 Å². The Morgan fingerprint density at radius 2 is 1.68 bits per heavy atom. The van der Waals surface area contributed by atoms with Crippen molar-refractivity contribution in [2.24, 2.45) is 0 Å². The predicted octanol–water partition coefficient (Wildman–Crippen LogP) is 3.13. The molecule has 0 saturated carbocycles. The zero-order valence-electron chi connectivity index (χ0n) is 15.4. The first-order valence-corrected chi connectivity index (χ1v) is 9.06. The second-order valence-corrected chi connectivity index (χ2v) is 6.92. The number of fused-ring (bicyclic) bond motifs is 1. The Hall–Kier alpha value is -3.60. The third kappa shape index (κ3) is 3.34. The maximum atomic E-state index is 13.2. The van der Waals surface area contributed by atoms with Gasteiger partial charge in [-0.05, 0) is 35.7 Å². The Morgan fingerprint density at radius 1 is 1.00 bits per heavy atom. The third-order valence-corrected chi connectivity index (χ3v) is 4.96. The summed E-state index contributed by atoms with van der Waals surface area (Å²) in [5.41, 5.74) is 4.48. The summed E-state index contributed by atoms with van der Waals surface area (Å²) in [6.45, 7) is 2.46. The van der Waals surface area contributed by atoms with Gasteiger partial charge >= 0.3 is 0 Å². The second kappa shape index (κ2) is 7.19. The van der Waals surface area contributed by atoms with Crippen LogP contribution in [0.4, 0.5) is 5.69 Å². The van der Waals surface area contributed by atoms with Gasteiger partial charge in [0, 0.05) is 12.2 Å². The first-order valence-electron chi connectivity index (χ1n) is 9.06. The Bertz CT molecular complexity index is 1030. The number of aryl methyl sites for hydroxylation is 1. The fourth-order valence-electron chi connectivity index (χ4n) is 3.41. The van der Waals surface area contributed by atoms with E-state index in [1.807, 2.05) is 55.5 Å². The number of nitrogens with one attached hydrogen (secondary N) is 1. The minimum Gasteiger partial charge on any atom is -0.545 e. The number of hydrogen-bond acceptors (Lipinski definition) is 4. The van der Waals surface area contributed by atoms with Crippen LogP contribution in [0.5, 0.6) is 0 Å². The lowest BCUT2D eigenvalue weighted by Gasteiger charge is -2.38. The molecule has 5 nitrogen and oxygen atoms in total. The third-order valence-electron chi connectivity index (χ3n) is 4.96. The van der Waals surface area contributed by atoms with Crippen molar-refractivity contribution in [3.63, 3.8) is 0 Å². The fourth-order valence-corrected chi connectivity index (χ4v) is 3.41. The smallest absolute Gasteiger partial charge is 0.258 e. The van der Waals surface area contributed by atoms with E-state index in [1.54, 1.807) is 17.0 Å². The zero-order valence-corrected chi connectivity index (χ0v) is 15.4. The van der Waals surface area contributed by atoms with Crippen molar-refractivity contribution < 1.29 is 14.7 Å². The minimum absolute atomic E-state index is 0.0658. The van der Waals surface area contributed by atoms with Gasteiger partial charge in [-0.1, -0.05) is 66.2 Å². The largest absolute Gasteiger partial charge is 0.545 e. The number of carboxylic acid groups (broad SMARTS) is 1. The van der Waals surface area contributed by atoms with Crippen molar-refractivity contribution in [2.75, 3.05) is 5.32 Å². The van der Waals surface area contributed by atoms with E-state index in [0.29, 0.717) is 12.1 Å². The van der Waals surface area contributed by atoms with Crippen LogP contribution in [-0.4, -0.2) is 16.8 Å². The SMILES string of the molecule is Cc1ccc(CN2C(=O)c3ccccc3N[C@H]2c2ccc(C(=O)[O-])cc2)cc1. The highest BCUT2D eigenvalue weighted by atomic mass is 16.4. The maximum Gasteiger partial charge on any atom is 0.258 e. The van der Waals surface area contributed by atoms with Gasteiger partial charge in [0.05, 0.1) is 11.5 Å². The molecule has 4 rings (SSSR count). The van der Waals surface area contributed by atoms with Crippen LogP contribution in [0.3, 0.4) is 0 Å². The number of rotatable bonds is 4. The van der Waals surface area contributed by atoms with Gasteiger partial charge in [-0.3, -0.25) is 4.79 Å². The average molecular weight is 371 g/mol. The Balaban J connectivity index is 1.73. The predicted molar refractivity (Wildman–Crippen MR) is 105 cm³/mol.